The zero-order valence-electron chi connectivity index (χ0n) is 7.57. The minimum absolute atomic E-state index is 0.408. The summed E-state index contributed by atoms with van der Waals surface area (Å²) in [6, 6.07) is 4.20. The molecule has 0 N–H and O–H groups in total. The molecule has 0 saturated heterocycles. The molecule has 0 bridgehead atoms. The van der Waals surface area contributed by atoms with Crippen molar-refractivity contribution in [3.63, 3.8) is 0 Å². The molecule has 0 aliphatic heterocycles. The summed E-state index contributed by atoms with van der Waals surface area (Å²) in [5.74, 6) is -0.315. The summed E-state index contributed by atoms with van der Waals surface area (Å²) < 4.78 is 13.2. The molecule has 74 valence electrons. The van der Waals surface area contributed by atoms with Crippen LogP contribution in [0.25, 0.3) is 0 Å². The second-order valence-corrected chi connectivity index (χ2v) is 3.60. The molecule has 0 amide bonds. The molecular weight excluding hydrogens is 185 g/mol. The van der Waals surface area contributed by atoms with Crippen LogP contribution in [-0.2, 0) is 0 Å². The zero-order valence-corrected chi connectivity index (χ0v) is 7.57. The van der Waals surface area contributed by atoms with E-state index in [0.717, 1.165) is 18.4 Å². The van der Waals surface area contributed by atoms with E-state index in [1.54, 1.807) is 6.07 Å². The SMILES string of the molecule is O=[N+]([O-])c1ccc(C2CCC2)cc1F. The summed E-state index contributed by atoms with van der Waals surface area (Å²) in [6.45, 7) is 0. The van der Waals surface area contributed by atoms with Gasteiger partial charge in [0.25, 0.3) is 0 Å². The largest absolute Gasteiger partial charge is 0.304 e. The molecule has 1 saturated carbocycles. The first-order valence-electron chi connectivity index (χ1n) is 4.62. The molecule has 1 aliphatic carbocycles. The van der Waals surface area contributed by atoms with Crippen LogP contribution in [0, 0.1) is 15.9 Å². The normalized spacial score (nSPS) is 16.4. The summed E-state index contributed by atoms with van der Waals surface area (Å²) in [4.78, 5) is 9.66. The average molecular weight is 195 g/mol. The van der Waals surface area contributed by atoms with E-state index < -0.39 is 16.4 Å². The van der Waals surface area contributed by atoms with Crippen LogP contribution >= 0.6 is 0 Å². The predicted molar refractivity (Wildman–Crippen MR) is 49.6 cm³/mol. The lowest BCUT2D eigenvalue weighted by atomic mass is 9.80. The van der Waals surface area contributed by atoms with Gasteiger partial charge in [-0.2, -0.15) is 4.39 Å². The molecule has 1 fully saturated rings. The molecule has 0 aromatic heterocycles. The fourth-order valence-electron chi connectivity index (χ4n) is 1.67. The van der Waals surface area contributed by atoms with E-state index in [0.29, 0.717) is 5.92 Å². The summed E-state index contributed by atoms with van der Waals surface area (Å²) in [6.07, 6.45) is 3.30. The first-order valence-corrected chi connectivity index (χ1v) is 4.62. The van der Waals surface area contributed by atoms with Gasteiger partial charge in [0.1, 0.15) is 0 Å². The number of rotatable bonds is 2. The molecule has 1 aromatic rings. The van der Waals surface area contributed by atoms with Crippen LogP contribution in [0.1, 0.15) is 30.7 Å². The topological polar surface area (TPSA) is 43.1 Å². The van der Waals surface area contributed by atoms with E-state index in [9.17, 15) is 14.5 Å². The Hall–Kier alpha value is -1.45. The van der Waals surface area contributed by atoms with Gasteiger partial charge in [-0.3, -0.25) is 10.1 Å². The highest BCUT2D eigenvalue weighted by Crippen LogP contribution is 2.37. The van der Waals surface area contributed by atoms with Crippen molar-refractivity contribution in [3.05, 3.63) is 39.7 Å². The van der Waals surface area contributed by atoms with Gasteiger partial charge in [-0.25, -0.2) is 0 Å². The third-order valence-electron chi connectivity index (χ3n) is 2.75. The summed E-state index contributed by atoms with van der Waals surface area (Å²) in [5, 5.41) is 10.4. The molecule has 0 unspecified atom stereocenters. The third-order valence-corrected chi connectivity index (χ3v) is 2.75. The van der Waals surface area contributed by atoms with Gasteiger partial charge in [-0.15, -0.1) is 0 Å². The Morgan fingerprint density at radius 2 is 2.14 bits per heavy atom. The van der Waals surface area contributed by atoms with Crippen molar-refractivity contribution >= 4 is 5.69 Å². The Morgan fingerprint density at radius 1 is 1.43 bits per heavy atom. The molecule has 14 heavy (non-hydrogen) atoms. The van der Waals surface area contributed by atoms with Crippen molar-refractivity contribution in [1.82, 2.24) is 0 Å². The highest BCUT2D eigenvalue weighted by Gasteiger charge is 2.22. The van der Waals surface area contributed by atoms with Crippen LogP contribution in [0.5, 0.6) is 0 Å². The molecule has 4 heteroatoms. The number of hydrogen-bond donors (Lipinski definition) is 0. The van der Waals surface area contributed by atoms with Gasteiger partial charge in [0.2, 0.25) is 5.82 Å². The van der Waals surface area contributed by atoms with Crippen LogP contribution in [0.4, 0.5) is 10.1 Å². The van der Waals surface area contributed by atoms with Crippen molar-refractivity contribution in [2.24, 2.45) is 0 Å². The number of nitrogens with zero attached hydrogens (tertiary/aromatic N) is 1. The first kappa shape index (κ1) is 9.12. The Labute approximate surface area is 80.7 Å². The van der Waals surface area contributed by atoms with E-state index in [2.05, 4.69) is 0 Å². The van der Waals surface area contributed by atoms with Gasteiger partial charge >= 0.3 is 5.69 Å². The van der Waals surface area contributed by atoms with Gasteiger partial charge in [-0.1, -0.05) is 12.5 Å². The maximum absolute atomic E-state index is 13.2. The minimum atomic E-state index is -0.723. The molecule has 1 aliphatic rings. The Balaban J connectivity index is 2.30. The van der Waals surface area contributed by atoms with E-state index in [1.807, 2.05) is 0 Å². The van der Waals surface area contributed by atoms with Crippen molar-refractivity contribution in [2.45, 2.75) is 25.2 Å². The van der Waals surface area contributed by atoms with Gasteiger partial charge in [-0.05, 0) is 30.4 Å². The molecule has 0 radical (unpaired) electrons. The van der Waals surface area contributed by atoms with Gasteiger partial charge in [0.05, 0.1) is 4.92 Å². The summed E-state index contributed by atoms with van der Waals surface area (Å²) >= 11 is 0. The number of halogens is 1. The highest BCUT2D eigenvalue weighted by atomic mass is 19.1. The summed E-state index contributed by atoms with van der Waals surface area (Å²) in [5.41, 5.74) is 0.451. The maximum Gasteiger partial charge on any atom is 0.304 e. The lowest BCUT2D eigenvalue weighted by Gasteiger charge is -2.25. The Kier molecular flexibility index (Phi) is 2.19. The minimum Gasteiger partial charge on any atom is -0.258 e. The number of hydrogen-bond acceptors (Lipinski definition) is 2. The number of nitro benzene ring substituents is 1. The monoisotopic (exact) mass is 195 g/mol. The van der Waals surface area contributed by atoms with Gasteiger partial charge in [0, 0.05) is 6.07 Å². The second kappa shape index (κ2) is 3.36. The van der Waals surface area contributed by atoms with E-state index in [-0.39, 0.29) is 0 Å². The smallest absolute Gasteiger partial charge is 0.258 e. The van der Waals surface area contributed by atoms with Crippen LogP contribution in [0.3, 0.4) is 0 Å². The quantitative estimate of drug-likeness (QED) is 0.537. The number of benzene rings is 1. The van der Waals surface area contributed by atoms with Crippen LogP contribution in [-0.4, -0.2) is 4.92 Å². The fraction of sp³-hybridized carbons (Fsp3) is 0.400. The molecule has 0 spiro atoms. The molecule has 3 nitrogen and oxygen atoms in total. The molecule has 0 atom stereocenters. The molecule has 0 heterocycles. The zero-order chi connectivity index (χ0) is 10.1. The maximum atomic E-state index is 13.2. The molecule has 2 rings (SSSR count). The fourth-order valence-corrected chi connectivity index (χ4v) is 1.67. The van der Waals surface area contributed by atoms with Crippen LogP contribution in [0.2, 0.25) is 0 Å². The average Bonchev–Trinajstić information content (AvgIpc) is 2.00. The van der Waals surface area contributed by atoms with Crippen LogP contribution < -0.4 is 0 Å². The lowest BCUT2D eigenvalue weighted by molar-refractivity contribution is -0.387. The highest BCUT2D eigenvalue weighted by molar-refractivity contribution is 5.36. The molecular formula is C10H10FNO2. The predicted octanol–water partition coefficient (Wildman–Crippen LogP) is 3.00. The summed E-state index contributed by atoms with van der Waals surface area (Å²) in [7, 11) is 0. The van der Waals surface area contributed by atoms with Gasteiger partial charge in [0.15, 0.2) is 0 Å². The third kappa shape index (κ3) is 1.47. The van der Waals surface area contributed by atoms with E-state index in [1.165, 1.54) is 18.6 Å². The standard InChI is InChI=1S/C10H10FNO2/c11-9-6-8(7-2-1-3-7)4-5-10(9)12(13)14/h4-7H,1-3H2. The van der Waals surface area contributed by atoms with E-state index >= 15 is 0 Å². The Bertz CT molecular complexity index is 374. The van der Waals surface area contributed by atoms with Crippen molar-refractivity contribution in [3.8, 4) is 0 Å². The van der Waals surface area contributed by atoms with Gasteiger partial charge < -0.3 is 0 Å². The second-order valence-electron chi connectivity index (χ2n) is 3.60. The lowest BCUT2D eigenvalue weighted by Crippen LogP contribution is -2.09. The van der Waals surface area contributed by atoms with E-state index in [4.69, 9.17) is 0 Å². The van der Waals surface area contributed by atoms with Crippen molar-refractivity contribution in [2.75, 3.05) is 0 Å². The number of nitro groups is 1. The first-order chi connectivity index (χ1) is 6.68. The Morgan fingerprint density at radius 3 is 2.57 bits per heavy atom. The molecule has 1 aromatic carbocycles. The van der Waals surface area contributed by atoms with Crippen molar-refractivity contribution < 1.29 is 9.31 Å². The van der Waals surface area contributed by atoms with Crippen LogP contribution in [0.15, 0.2) is 18.2 Å². The van der Waals surface area contributed by atoms with Crippen molar-refractivity contribution in [1.29, 1.82) is 0 Å².